The Morgan fingerprint density at radius 3 is 3.00 bits per heavy atom. The molecule has 5 nitrogen and oxygen atoms in total. The van der Waals surface area contributed by atoms with Gasteiger partial charge in [-0.05, 0) is 25.1 Å². The van der Waals surface area contributed by atoms with Crippen molar-refractivity contribution in [2.75, 3.05) is 18.7 Å². The highest BCUT2D eigenvalue weighted by Crippen LogP contribution is 2.28. The summed E-state index contributed by atoms with van der Waals surface area (Å²) in [6, 6.07) is 9.55. The Hall–Kier alpha value is -2.63. The Balaban J connectivity index is 1.82. The highest BCUT2D eigenvalue weighted by molar-refractivity contribution is 5.87. The van der Waals surface area contributed by atoms with Crippen LogP contribution >= 0.6 is 0 Å². The van der Waals surface area contributed by atoms with Crippen LogP contribution in [0.3, 0.4) is 0 Å². The van der Waals surface area contributed by atoms with Crippen LogP contribution in [0, 0.1) is 6.92 Å². The summed E-state index contributed by atoms with van der Waals surface area (Å²) in [6.07, 6.45) is 3.20. The molecule has 0 amide bonds. The van der Waals surface area contributed by atoms with Crippen LogP contribution in [-0.4, -0.2) is 27.9 Å². The molecule has 0 aliphatic rings. The zero-order valence-corrected chi connectivity index (χ0v) is 12.3. The fourth-order valence-electron chi connectivity index (χ4n) is 2.58. The second-order valence-corrected chi connectivity index (χ2v) is 4.91. The van der Waals surface area contributed by atoms with E-state index in [4.69, 9.17) is 4.74 Å². The predicted molar refractivity (Wildman–Crippen MR) is 83.8 cm³/mol. The Bertz CT molecular complexity index is 757. The summed E-state index contributed by atoms with van der Waals surface area (Å²) in [5, 5.41) is 4.29. The summed E-state index contributed by atoms with van der Waals surface area (Å²) >= 11 is 0. The number of hydrogen-bond donors (Lipinski definition) is 1. The summed E-state index contributed by atoms with van der Waals surface area (Å²) in [5.41, 5.74) is 2.02. The molecule has 2 heterocycles. The van der Waals surface area contributed by atoms with E-state index in [9.17, 15) is 4.39 Å². The van der Waals surface area contributed by atoms with Gasteiger partial charge in [-0.25, -0.2) is 14.4 Å². The van der Waals surface area contributed by atoms with Gasteiger partial charge in [0.2, 0.25) is 6.86 Å². The molecular weight excluding hydrogens is 283 g/mol. The minimum atomic E-state index is -0.831. The Morgan fingerprint density at radius 2 is 2.23 bits per heavy atom. The maximum Gasteiger partial charge on any atom is 0.228 e. The molecule has 0 aliphatic carbocycles. The molecule has 1 aromatic carbocycles. The maximum atomic E-state index is 12.6. The van der Waals surface area contributed by atoms with Gasteiger partial charge in [0.25, 0.3) is 0 Å². The van der Waals surface area contributed by atoms with Gasteiger partial charge < -0.3 is 14.6 Å². The molecule has 0 bridgehead atoms. The first kappa shape index (κ1) is 14.3. The SMILES string of the molecule is Cc1cc2cccc(OCF)c2n1CCNc1ccncn1. The molecule has 0 saturated carbocycles. The lowest BCUT2D eigenvalue weighted by atomic mass is 10.2. The van der Waals surface area contributed by atoms with Gasteiger partial charge in [0.1, 0.15) is 17.9 Å². The van der Waals surface area contributed by atoms with E-state index in [1.165, 1.54) is 6.33 Å². The molecular formula is C16H17FN4O. The molecule has 0 saturated heterocycles. The van der Waals surface area contributed by atoms with Crippen LogP contribution in [0.1, 0.15) is 5.69 Å². The molecule has 0 fully saturated rings. The van der Waals surface area contributed by atoms with Gasteiger partial charge in [-0.3, -0.25) is 0 Å². The van der Waals surface area contributed by atoms with E-state index in [2.05, 4.69) is 25.9 Å². The lowest BCUT2D eigenvalue weighted by molar-refractivity contribution is 0.193. The molecule has 22 heavy (non-hydrogen) atoms. The van der Waals surface area contributed by atoms with Crippen molar-refractivity contribution in [2.24, 2.45) is 0 Å². The summed E-state index contributed by atoms with van der Waals surface area (Å²) in [7, 11) is 0. The van der Waals surface area contributed by atoms with Crippen molar-refractivity contribution in [1.29, 1.82) is 0 Å². The lowest BCUT2D eigenvalue weighted by Gasteiger charge is -2.12. The van der Waals surface area contributed by atoms with Crippen molar-refractivity contribution in [2.45, 2.75) is 13.5 Å². The van der Waals surface area contributed by atoms with Gasteiger partial charge in [-0.1, -0.05) is 12.1 Å². The van der Waals surface area contributed by atoms with Crippen LogP contribution < -0.4 is 10.1 Å². The third-order valence-corrected chi connectivity index (χ3v) is 3.52. The number of aryl methyl sites for hydroxylation is 1. The van der Waals surface area contributed by atoms with E-state index in [-0.39, 0.29) is 0 Å². The van der Waals surface area contributed by atoms with Gasteiger partial charge >= 0.3 is 0 Å². The first-order chi connectivity index (χ1) is 10.8. The van der Waals surface area contributed by atoms with E-state index >= 15 is 0 Å². The van der Waals surface area contributed by atoms with Crippen LogP contribution in [0.5, 0.6) is 5.75 Å². The molecule has 3 aromatic rings. The predicted octanol–water partition coefficient (Wildman–Crippen LogP) is 3.16. The number of rotatable bonds is 6. The monoisotopic (exact) mass is 300 g/mol. The summed E-state index contributed by atoms with van der Waals surface area (Å²) in [4.78, 5) is 8.01. The number of halogens is 1. The zero-order valence-electron chi connectivity index (χ0n) is 12.3. The molecule has 3 rings (SSSR count). The molecule has 2 aromatic heterocycles. The van der Waals surface area contributed by atoms with Crippen molar-refractivity contribution in [3.63, 3.8) is 0 Å². The smallest absolute Gasteiger partial charge is 0.228 e. The van der Waals surface area contributed by atoms with Crippen LogP contribution in [0.4, 0.5) is 10.2 Å². The topological polar surface area (TPSA) is 52.0 Å². The third kappa shape index (κ3) is 2.86. The van der Waals surface area contributed by atoms with Crippen molar-refractivity contribution < 1.29 is 9.13 Å². The number of nitrogens with zero attached hydrogens (tertiary/aromatic N) is 3. The van der Waals surface area contributed by atoms with Crippen LogP contribution in [0.25, 0.3) is 10.9 Å². The normalized spacial score (nSPS) is 10.8. The third-order valence-electron chi connectivity index (χ3n) is 3.52. The van der Waals surface area contributed by atoms with Gasteiger partial charge in [-0.15, -0.1) is 0 Å². The summed E-state index contributed by atoms with van der Waals surface area (Å²) < 4.78 is 19.8. The van der Waals surface area contributed by atoms with E-state index < -0.39 is 6.86 Å². The molecule has 114 valence electrons. The van der Waals surface area contributed by atoms with E-state index in [1.54, 1.807) is 12.3 Å². The number of fused-ring (bicyclic) bond motifs is 1. The number of para-hydroxylation sites is 1. The van der Waals surface area contributed by atoms with E-state index in [0.29, 0.717) is 12.3 Å². The van der Waals surface area contributed by atoms with Gasteiger partial charge in [-0.2, -0.15) is 0 Å². The number of alkyl halides is 1. The molecule has 1 N–H and O–H groups in total. The number of aromatic nitrogens is 3. The molecule has 0 spiro atoms. The Kier molecular flexibility index (Phi) is 4.18. The number of ether oxygens (including phenoxy) is 1. The van der Waals surface area contributed by atoms with Gasteiger partial charge in [0.15, 0.2) is 0 Å². The molecule has 0 unspecified atom stereocenters. The van der Waals surface area contributed by atoms with Crippen LogP contribution in [0.2, 0.25) is 0 Å². The highest BCUT2D eigenvalue weighted by Gasteiger charge is 2.10. The average Bonchev–Trinajstić information content (AvgIpc) is 2.86. The Labute approximate surface area is 127 Å². The van der Waals surface area contributed by atoms with E-state index in [0.717, 1.165) is 29.0 Å². The summed E-state index contributed by atoms with van der Waals surface area (Å²) in [5.74, 6) is 1.35. The largest absolute Gasteiger partial charge is 0.461 e. The van der Waals surface area contributed by atoms with E-state index in [1.807, 2.05) is 25.1 Å². The second kappa shape index (κ2) is 6.43. The minimum absolute atomic E-state index is 0.565. The number of nitrogens with one attached hydrogen (secondary N) is 1. The number of benzene rings is 1. The van der Waals surface area contributed by atoms with Crippen molar-refractivity contribution in [3.05, 3.63) is 48.5 Å². The fourth-order valence-corrected chi connectivity index (χ4v) is 2.58. The fraction of sp³-hybridized carbons (Fsp3) is 0.250. The molecule has 0 atom stereocenters. The Morgan fingerprint density at radius 1 is 1.32 bits per heavy atom. The van der Waals surface area contributed by atoms with Crippen molar-refractivity contribution in [3.8, 4) is 5.75 Å². The highest BCUT2D eigenvalue weighted by atomic mass is 19.1. The second-order valence-electron chi connectivity index (χ2n) is 4.91. The lowest BCUT2D eigenvalue weighted by Crippen LogP contribution is -2.12. The van der Waals surface area contributed by atoms with Crippen LogP contribution in [0.15, 0.2) is 42.9 Å². The quantitative estimate of drug-likeness (QED) is 0.760. The zero-order chi connectivity index (χ0) is 15.4. The standard InChI is InChI=1S/C16H17FN4O/c1-12-9-13-3-2-4-14(22-10-17)16(13)21(12)8-7-19-15-5-6-18-11-20-15/h2-6,9,11H,7-8,10H2,1H3,(H,18,19,20). The van der Waals surface area contributed by atoms with Crippen molar-refractivity contribution >= 4 is 16.7 Å². The first-order valence-corrected chi connectivity index (χ1v) is 7.07. The number of hydrogen-bond acceptors (Lipinski definition) is 4. The van der Waals surface area contributed by atoms with Crippen LogP contribution in [-0.2, 0) is 6.54 Å². The first-order valence-electron chi connectivity index (χ1n) is 7.07. The van der Waals surface area contributed by atoms with Crippen molar-refractivity contribution in [1.82, 2.24) is 14.5 Å². The van der Waals surface area contributed by atoms with Gasteiger partial charge in [0, 0.05) is 30.4 Å². The molecule has 0 radical (unpaired) electrons. The summed E-state index contributed by atoms with van der Waals surface area (Å²) in [6.45, 7) is 2.63. The van der Waals surface area contributed by atoms with Gasteiger partial charge in [0.05, 0.1) is 5.52 Å². The minimum Gasteiger partial charge on any atom is -0.461 e. The molecule has 0 aliphatic heterocycles. The maximum absolute atomic E-state index is 12.6. The average molecular weight is 300 g/mol. The number of anilines is 1. The molecule has 6 heteroatoms.